The van der Waals surface area contributed by atoms with Crippen LogP contribution < -0.4 is 4.74 Å². The average Bonchev–Trinajstić information content (AvgIpc) is 2.38. The lowest BCUT2D eigenvalue weighted by Crippen LogP contribution is -1.99. The molecule has 0 N–H and O–H groups in total. The maximum atomic E-state index is 14.0. The van der Waals surface area contributed by atoms with E-state index in [1.165, 1.54) is 6.07 Å². The number of halogens is 4. The first-order chi connectivity index (χ1) is 9.02. The van der Waals surface area contributed by atoms with Crippen LogP contribution in [0.2, 0.25) is 5.02 Å². The van der Waals surface area contributed by atoms with Crippen molar-refractivity contribution >= 4 is 43.5 Å². The van der Waals surface area contributed by atoms with Crippen molar-refractivity contribution in [3.63, 3.8) is 0 Å². The normalized spacial score (nSPS) is 12.3. The van der Waals surface area contributed by atoms with Crippen LogP contribution in [-0.4, -0.2) is 7.11 Å². The van der Waals surface area contributed by atoms with E-state index < -0.39 is 0 Å². The summed E-state index contributed by atoms with van der Waals surface area (Å²) in [5, 5.41) is 0.581. The zero-order valence-electron chi connectivity index (χ0n) is 9.96. The summed E-state index contributed by atoms with van der Waals surface area (Å²) in [7, 11) is 1.57. The van der Waals surface area contributed by atoms with E-state index in [-0.39, 0.29) is 10.6 Å². The molecule has 0 radical (unpaired) electrons. The Kier molecular flexibility index (Phi) is 4.87. The van der Waals surface area contributed by atoms with Crippen LogP contribution in [0.3, 0.4) is 0 Å². The third-order valence-corrected chi connectivity index (χ3v) is 4.42. The summed E-state index contributed by atoms with van der Waals surface area (Å²) in [6.07, 6.45) is 0. The van der Waals surface area contributed by atoms with Crippen molar-refractivity contribution in [3.05, 3.63) is 62.8 Å². The van der Waals surface area contributed by atoms with Gasteiger partial charge in [-0.25, -0.2) is 4.39 Å². The van der Waals surface area contributed by atoms with Gasteiger partial charge in [-0.3, -0.25) is 0 Å². The lowest BCUT2D eigenvalue weighted by Gasteiger charge is -2.16. The van der Waals surface area contributed by atoms with Gasteiger partial charge in [0.2, 0.25) is 0 Å². The predicted octanol–water partition coefficient (Wildman–Crippen LogP) is 5.73. The van der Waals surface area contributed by atoms with Gasteiger partial charge < -0.3 is 4.74 Å². The maximum Gasteiger partial charge on any atom is 0.129 e. The number of methoxy groups -OCH3 is 1. The third kappa shape index (κ3) is 3.30. The van der Waals surface area contributed by atoms with E-state index in [2.05, 4.69) is 31.9 Å². The molecule has 0 aromatic heterocycles. The minimum Gasteiger partial charge on any atom is -0.496 e. The Labute approximate surface area is 133 Å². The molecule has 19 heavy (non-hydrogen) atoms. The smallest absolute Gasteiger partial charge is 0.129 e. The summed E-state index contributed by atoms with van der Waals surface area (Å²) in [6.45, 7) is 0. The maximum absolute atomic E-state index is 14.0. The highest BCUT2D eigenvalue weighted by atomic mass is 79.9. The molecular weight excluding hydrogens is 398 g/mol. The molecule has 1 atom stereocenters. The van der Waals surface area contributed by atoms with Crippen LogP contribution in [0.5, 0.6) is 5.75 Å². The lowest BCUT2D eigenvalue weighted by molar-refractivity contribution is 0.410. The molecule has 100 valence electrons. The van der Waals surface area contributed by atoms with E-state index in [1.54, 1.807) is 37.4 Å². The molecule has 5 heteroatoms. The van der Waals surface area contributed by atoms with E-state index in [0.717, 1.165) is 5.56 Å². The van der Waals surface area contributed by atoms with Gasteiger partial charge in [0.05, 0.1) is 11.9 Å². The third-order valence-electron chi connectivity index (χ3n) is 2.70. The quantitative estimate of drug-likeness (QED) is 0.589. The van der Waals surface area contributed by atoms with Gasteiger partial charge in [0, 0.05) is 20.6 Å². The fourth-order valence-corrected chi connectivity index (χ4v) is 3.02. The molecule has 1 unspecified atom stereocenters. The van der Waals surface area contributed by atoms with E-state index >= 15 is 0 Å². The van der Waals surface area contributed by atoms with Gasteiger partial charge in [0.1, 0.15) is 11.6 Å². The molecule has 1 nitrogen and oxygen atoms in total. The van der Waals surface area contributed by atoms with E-state index in [4.69, 9.17) is 16.3 Å². The van der Waals surface area contributed by atoms with Crippen LogP contribution in [-0.2, 0) is 0 Å². The molecule has 0 saturated heterocycles. The van der Waals surface area contributed by atoms with Gasteiger partial charge >= 0.3 is 0 Å². The summed E-state index contributed by atoms with van der Waals surface area (Å²) in [5.74, 6) is 0.367. The van der Waals surface area contributed by atoms with Gasteiger partial charge in [-0.05, 0) is 30.3 Å². The van der Waals surface area contributed by atoms with Crippen molar-refractivity contribution in [1.82, 2.24) is 0 Å². The van der Waals surface area contributed by atoms with Crippen LogP contribution >= 0.6 is 43.5 Å². The van der Waals surface area contributed by atoms with Crippen LogP contribution in [0.1, 0.15) is 16.0 Å². The van der Waals surface area contributed by atoms with Crippen LogP contribution in [0.25, 0.3) is 0 Å². The van der Waals surface area contributed by atoms with Crippen LogP contribution in [0.4, 0.5) is 4.39 Å². The second-order valence-corrected chi connectivity index (χ2v) is 6.18. The highest BCUT2D eigenvalue weighted by Crippen LogP contribution is 2.39. The Morgan fingerprint density at radius 3 is 2.53 bits per heavy atom. The number of hydrogen-bond acceptors (Lipinski definition) is 1. The van der Waals surface area contributed by atoms with Gasteiger partial charge in [-0.1, -0.05) is 49.5 Å². The predicted molar refractivity (Wildman–Crippen MR) is 82.9 cm³/mol. The van der Waals surface area contributed by atoms with Crippen molar-refractivity contribution in [3.8, 4) is 5.75 Å². The first-order valence-electron chi connectivity index (χ1n) is 5.45. The summed E-state index contributed by atoms with van der Waals surface area (Å²) in [4.78, 5) is -0.325. The standard InChI is InChI=1S/C14H10Br2ClFO/c1-19-13-5-3-9(17)7-11(13)14(16)10-4-2-8(15)6-12(10)18/h2-7,14H,1H3. The summed E-state index contributed by atoms with van der Waals surface area (Å²) in [6, 6.07) is 10.2. The molecule has 0 aliphatic heterocycles. The number of alkyl halides is 1. The van der Waals surface area contributed by atoms with Crippen LogP contribution in [0, 0.1) is 5.82 Å². The summed E-state index contributed by atoms with van der Waals surface area (Å²) in [5.41, 5.74) is 1.32. The Bertz CT molecular complexity index is 604. The molecule has 0 amide bonds. The van der Waals surface area contributed by atoms with E-state index in [0.29, 0.717) is 20.8 Å². The Balaban J connectivity index is 2.49. The second kappa shape index (κ2) is 6.25. The molecule has 0 heterocycles. The van der Waals surface area contributed by atoms with E-state index in [1.807, 2.05) is 0 Å². The largest absolute Gasteiger partial charge is 0.496 e. The highest BCUT2D eigenvalue weighted by Gasteiger charge is 2.19. The fraction of sp³-hybridized carbons (Fsp3) is 0.143. The van der Waals surface area contributed by atoms with Crippen molar-refractivity contribution in [2.45, 2.75) is 4.83 Å². The van der Waals surface area contributed by atoms with Gasteiger partial charge in [0.25, 0.3) is 0 Å². The number of ether oxygens (including phenoxy) is 1. The Hall–Kier alpha value is -0.580. The van der Waals surface area contributed by atoms with Gasteiger partial charge in [-0.2, -0.15) is 0 Å². The zero-order chi connectivity index (χ0) is 14.0. The molecule has 0 spiro atoms. The molecule has 2 aromatic rings. The van der Waals surface area contributed by atoms with Crippen molar-refractivity contribution in [2.75, 3.05) is 7.11 Å². The summed E-state index contributed by atoms with van der Waals surface area (Å²) >= 11 is 12.7. The van der Waals surface area contributed by atoms with Crippen molar-refractivity contribution in [1.29, 1.82) is 0 Å². The Morgan fingerprint density at radius 1 is 1.16 bits per heavy atom. The van der Waals surface area contributed by atoms with Crippen molar-refractivity contribution < 1.29 is 9.13 Å². The molecule has 0 bridgehead atoms. The minimum absolute atomic E-state index is 0.293. The number of rotatable bonds is 3. The molecule has 0 aliphatic rings. The zero-order valence-corrected chi connectivity index (χ0v) is 13.9. The topological polar surface area (TPSA) is 9.23 Å². The lowest BCUT2D eigenvalue weighted by atomic mass is 10.0. The molecular formula is C14H10Br2ClFO. The van der Waals surface area contributed by atoms with Crippen LogP contribution in [0.15, 0.2) is 40.9 Å². The first kappa shape index (κ1) is 14.8. The molecule has 0 saturated carbocycles. The monoisotopic (exact) mass is 406 g/mol. The van der Waals surface area contributed by atoms with Crippen molar-refractivity contribution in [2.24, 2.45) is 0 Å². The van der Waals surface area contributed by atoms with Gasteiger partial charge in [-0.15, -0.1) is 0 Å². The molecule has 2 rings (SSSR count). The van der Waals surface area contributed by atoms with E-state index in [9.17, 15) is 4.39 Å². The number of hydrogen-bond donors (Lipinski definition) is 0. The average molecular weight is 408 g/mol. The second-order valence-electron chi connectivity index (χ2n) is 3.91. The summed E-state index contributed by atoms with van der Waals surface area (Å²) < 4.78 is 20.0. The number of benzene rings is 2. The SMILES string of the molecule is COc1ccc(Cl)cc1C(Br)c1ccc(Br)cc1F. The highest BCUT2D eigenvalue weighted by molar-refractivity contribution is 9.10. The molecule has 0 fully saturated rings. The minimum atomic E-state index is -0.325. The fourth-order valence-electron chi connectivity index (χ4n) is 1.78. The first-order valence-corrected chi connectivity index (χ1v) is 7.54. The molecule has 2 aromatic carbocycles. The van der Waals surface area contributed by atoms with Gasteiger partial charge in [0.15, 0.2) is 0 Å². The Morgan fingerprint density at radius 2 is 1.89 bits per heavy atom. The molecule has 0 aliphatic carbocycles.